The predicted molar refractivity (Wildman–Crippen MR) is 306 cm³/mol. The molecular formula is C70H55NOS. The molecule has 0 saturated carbocycles. The largest absolute Gasteiger partial charge is 0.457 e. The molecule has 11 aromatic rings. The third-order valence-corrected chi connectivity index (χ3v) is 17.5. The van der Waals surface area contributed by atoms with Crippen LogP contribution in [0, 0.1) is 0 Å². The van der Waals surface area contributed by atoms with Crippen molar-refractivity contribution in [2.24, 2.45) is 0 Å². The molecule has 0 fully saturated rings. The highest BCUT2D eigenvalue weighted by Crippen LogP contribution is 2.64. The van der Waals surface area contributed by atoms with E-state index in [4.69, 9.17) is 4.74 Å². The quantitative estimate of drug-likeness (QED) is 0.170. The van der Waals surface area contributed by atoms with E-state index in [0.29, 0.717) is 0 Å². The van der Waals surface area contributed by atoms with Gasteiger partial charge in [-0.1, -0.05) is 205 Å². The van der Waals surface area contributed by atoms with Crippen molar-refractivity contribution in [2.45, 2.75) is 63.2 Å². The minimum Gasteiger partial charge on any atom is -0.457 e. The first-order valence-corrected chi connectivity index (χ1v) is 26.6. The maximum atomic E-state index is 7.08. The molecular weight excluding hydrogens is 903 g/mol. The topological polar surface area (TPSA) is 12.5 Å². The standard InChI is InChI=1S/C70H55NOS/c1-67(2,3)46-32-38-63-60(40-46)70(61-41-47(68(4,5)6)33-39-64(61)72-63)57-29-17-14-25-51(57)53-37-35-49(43-59(53)70)71(62-30-19-27-55-54-26-15-18-31-65(54)73-66(55)62)48-34-36-52-50-24-13-16-28-56(50)69(58(52)42-48,44-20-9-7-10-21-44)45-22-11-8-12-23-45/h7-43H,1-6H3. The molecule has 0 bridgehead atoms. The Balaban J connectivity index is 1.09. The molecule has 1 spiro atoms. The fraction of sp³-hybridized carbons (Fsp3) is 0.143. The highest BCUT2D eigenvalue weighted by atomic mass is 32.1. The molecule has 2 aliphatic carbocycles. The summed E-state index contributed by atoms with van der Waals surface area (Å²) < 4.78 is 9.62. The van der Waals surface area contributed by atoms with Crippen LogP contribution in [0.3, 0.4) is 0 Å². The maximum absolute atomic E-state index is 7.08. The zero-order valence-corrected chi connectivity index (χ0v) is 42.9. The average molecular weight is 958 g/mol. The molecule has 0 saturated heterocycles. The lowest BCUT2D eigenvalue weighted by Crippen LogP contribution is -2.33. The number of benzene rings is 10. The van der Waals surface area contributed by atoms with E-state index in [-0.39, 0.29) is 10.8 Å². The van der Waals surface area contributed by atoms with Gasteiger partial charge in [0.1, 0.15) is 11.5 Å². The summed E-state index contributed by atoms with van der Waals surface area (Å²) in [7, 11) is 0. The molecule has 352 valence electrons. The van der Waals surface area contributed by atoms with Gasteiger partial charge in [-0.25, -0.2) is 0 Å². The Kier molecular flexibility index (Phi) is 9.45. The third-order valence-electron chi connectivity index (χ3n) is 16.3. The Morgan fingerprint density at radius 1 is 0.370 bits per heavy atom. The predicted octanol–water partition coefficient (Wildman–Crippen LogP) is 19.0. The van der Waals surface area contributed by atoms with E-state index in [1.54, 1.807) is 0 Å². The van der Waals surface area contributed by atoms with Crippen LogP contribution in [-0.2, 0) is 21.7 Å². The fourth-order valence-electron chi connectivity index (χ4n) is 12.9. The van der Waals surface area contributed by atoms with E-state index in [9.17, 15) is 0 Å². The molecule has 10 aromatic carbocycles. The number of rotatable bonds is 5. The molecule has 0 radical (unpaired) electrons. The molecule has 0 unspecified atom stereocenters. The fourth-order valence-corrected chi connectivity index (χ4v) is 14.1. The van der Waals surface area contributed by atoms with Gasteiger partial charge in [0.25, 0.3) is 0 Å². The second kappa shape index (κ2) is 15.8. The van der Waals surface area contributed by atoms with E-state index in [2.05, 4.69) is 271 Å². The van der Waals surface area contributed by atoms with Crippen LogP contribution in [-0.4, -0.2) is 0 Å². The zero-order valence-electron chi connectivity index (χ0n) is 42.1. The van der Waals surface area contributed by atoms with Crippen molar-refractivity contribution in [3.63, 3.8) is 0 Å². The molecule has 1 aromatic heterocycles. The van der Waals surface area contributed by atoms with Crippen LogP contribution in [0.2, 0.25) is 0 Å². The summed E-state index contributed by atoms with van der Waals surface area (Å²) in [6.07, 6.45) is 0. The first-order chi connectivity index (χ1) is 35.5. The summed E-state index contributed by atoms with van der Waals surface area (Å²) in [6.45, 7) is 13.9. The van der Waals surface area contributed by atoms with Gasteiger partial charge in [0.2, 0.25) is 0 Å². The number of fused-ring (bicyclic) bond motifs is 15. The van der Waals surface area contributed by atoms with Gasteiger partial charge in [0.05, 0.1) is 21.2 Å². The molecule has 0 atom stereocenters. The monoisotopic (exact) mass is 957 g/mol. The number of ether oxygens (including phenoxy) is 1. The van der Waals surface area contributed by atoms with Gasteiger partial charge in [-0.05, 0) is 138 Å². The Bertz CT molecular complexity index is 3930. The number of thiophene rings is 1. The van der Waals surface area contributed by atoms with Crippen LogP contribution in [0.25, 0.3) is 42.4 Å². The van der Waals surface area contributed by atoms with Crippen LogP contribution in [0.1, 0.15) is 97.2 Å². The van der Waals surface area contributed by atoms with Gasteiger partial charge >= 0.3 is 0 Å². The van der Waals surface area contributed by atoms with Gasteiger partial charge in [0, 0.05) is 38.0 Å². The number of nitrogens with zero attached hydrogens (tertiary/aromatic N) is 1. The van der Waals surface area contributed by atoms with Gasteiger partial charge in [-0.2, -0.15) is 0 Å². The second-order valence-electron chi connectivity index (χ2n) is 22.4. The molecule has 3 heteroatoms. The van der Waals surface area contributed by atoms with Gasteiger partial charge in [-0.3, -0.25) is 0 Å². The van der Waals surface area contributed by atoms with Gasteiger partial charge < -0.3 is 9.64 Å². The summed E-state index contributed by atoms with van der Waals surface area (Å²) in [5, 5.41) is 2.55. The van der Waals surface area contributed by atoms with Crippen molar-refractivity contribution >= 4 is 48.6 Å². The Morgan fingerprint density at radius 3 is 1.40 bits per heavy atom. The number of anilines is 3. The molecule has 2 nitrogen and oxygen atoms in total. The maximum Gasteiger partial charge on any atom is 0.132 e. The van der Waals surface area contributed by atoms with Crippen LogP contribution in [0.5, 0.6) is 11.5 Å². The van der Waals surface area contributed by atoms with Gasteiger partial charge in [-0.15, -0.1) is 11.3 Å². The molecule has 14 rings (SSSR count). The SMILES string of the molecule is CC(C)(C)c1ccc2c(c1)C1(c3cc(C(C)(C)C)ccc3O2)c2ccccc2-c2ccc(N(c3ccc4c(c3)C(c3ccccc3)(c3ccccc3)c3ccccc3-4)c3cccc4c3sc3ccccc34)cc21. The number of hydrogen-bond donors (Lipinski definition) is 0. The average Bonchev–Trinajstić information content (AvgIpc) is 4.04. The van der Waals surface area contributed by atoms with Crippen LogP contribution >= 0.6 is 11.3 Å². The smallest absolute Gasteiger partial charge is 0.132 e. The summed E-state index contributed by atoms with van der Waals surface area (Å²) in [4.78, 5) is 2.57. The lowest BCUT2D eigenvalue weighted by atomic mass is 9.64. The van der Waals surface area contributed by atoms with Crippen molar-refractivity contribution in [1.82, 2.24) is 0 Å². The van der Waals surface area contributed by atoms with Crippen molar-refractivity contribution in [1.29, 1.82) is 0 Å². The van der Waals surface area contributed by atoms with E-state index in [1.807, 2.05) is 11.3 Å². The summed E-state index contributed by atoms with van der Waals surface area (Å²) >= 11 is 1.88. The molecule has 0 N–H and O–H groups in total. The van der Waals surface area contributed by atoms with E-state index < -0.39 is 10.8 Å². The Morgan fingerprint density at radius 2 is 0.836 bits per heavy atom. The summed E-state index contributed by atoms with van der Waals surface area (Å²) in [6, 6.07) is 84.8. The summed E-state index contributed by atoms with van der Waals surface area (Å²) in [5.41, 5.74) is 19.5. The first kappa shape index (κ1) is 43.8. The van der Waals surface area contributed by atoms with Crippen LogP contribution in [0.4, 0.5) is 17.1 Å². The van der Waals surface area contributed by atoms with Crippen LogP contribution < -0.4 is 9.64 Å². The zero-order chi connectivity index (χ0) is 49.4. The van der Waals surface area contributed by atoms with Crippen molar-refractivity contribution in [2.75, 3.05) is 4.90 Å². The minimum absolute atomic E-state index is 0.0891. The lowest BCUT2D eigenvalue weighted by molar-refractivity contribution is 0.433. The molecule has 0 amide bonds. The number of hydrogen-bond acceptors (Lipinski definition) is 3. The third kappa shape index (κ3) is 6.22. The Hall–Kier alpha value is -7.98. The van der Waals surface area contributed by atoms with Crippen molar-refractivity contribution < 1.29 is 4.74 Å². The summed E-state index contributed by atoms with van der Waals surface area (Å²) in [5.74, 6) is 1.81. The molecule has 73 heavy (non-hydrogen) atoms. The van der Waals surface area contributed by atoms with E-state index in [0.717, 1.165) is 28.6 Å². The normalized spacial score (nSPS) is 14.5. The van der Waals surface area contributed by atoms with Crippen molar-refractivity contribution in [3.05, 3.63) is 280 Å². The highest BCUT2D eigenvalue weighted by Gasteiger charge is 2.52. The second-order valence-corrected chi connectivity index (χ2v) is 23.4. The Labute approximate surface area is 432 Å². The van der Waals surface area contributed by atoms with Crippen molar-refractivity contribution in [3.8, 4) is 33.8 Å². The van der Waals surface area contributed by atoms with Crippen LogP contribution in [0.15, 0.2) is 224 Å². The minimum atomic E-state index is -0.683. The highest BCUT2D eigenvalue weighted by molar-refractivity contribution is 7.26. The molecule has 1 aliphatic heterocycles. The first-order valence-electron chi connectivity index (χ1n) is 25.7. The van der Waals surface area contributed by atoms with Gasteiger partial charge in [0.15, 0.2) is 0 Å². The molecule has 2 heterocycles. The van der Waals surface area contributed by atoms with E-state index >= 15 is 0 Å². The lowest BCUT2D eigenvalue weighted by Gasteiger charge is -2.41. The van der Waals surface area contributed by atoms with E-state index in [1.165, 1.54) is 98.1 Å². The molecule has 3 aliphatic rings.